The zero-order valence-electron chi connectivity index (χ0n) is 12.6. The number of ether oxygens (including phenoxy) is 1. The highest BCUT2D eigenvalue weighted by atomic mass is 16.5. The van der Waals surface area contributed by atoms with Gasteiger partial charge >= 0.3 is 0 Å². The molecule has 1 heterocycles. The smallest absolute Gasteiger partial charge is 0.133 e. The van der Waals surface area contributed by atoms with Gasteiger partial charge in [-0.3, -0.25) is 0 Å². The van der Waals surface area contributed by atoms with E-state index in [1.807, 2.05) is 24.3 Å². The van der Waals surface area contributed by atoms with Crippen molar-refractivity contribution in [3.63, 3.8) is 0 Å². The van der Waals surface area contributed by atoms with Gasteiger partial charge in [0.25, 0.3) is 0 Å². The highest BCUT2D eigenvalue weighted by Gasteiger charge is 2.08. The summed E-state index contributed by atoms with van der Waals surface area (Å²) in [6, 6.07) is 18.5. The van der Waals surface area contributed by atoms with Crippen molar-refractivity contribution in [2.75, 3.05) is 7.11 Å². The first-order chi connectivity index (χ1) is 10.9. The minimum atomic E-state index is 0.723. The Bertz CT molecular complexity index is 722. The summed E-state index contributed by atoms with van der Waals surface area (Å²) in [7, 11) is 1.70. The Morgan fingerprint density at radius 2 is 1.73 bits per heavy atom. The number of hydrogen-bond donors (Lipinski definition) is 0. The Morgan fingerprint density at radius 1 is 0.955 bits per heavy atom. The Labute approximate surface area is 130 Å². The summed E-state index contributed by atoms with van der Waals surface area (Å²) in [5.74, 6) is 1.89. The van der Waals surface area contributed by atoms with Crippen LogP contribution in [0, 0.1) is 0 Å². The Morgan fingerprint density at radius 3 is 2.55 bits per heavy atom. The van der Waals surface area contributed by atoms with Crippen molar-refractivity contribution in [2.24, 2.45) is 0 Å². The van der Waals surface area contributed by atoms with Gasteiger partial charge in [-0.2, -0.15) is 0 Å². The van der Waals surface area contributed by atoms with Crippen molar-refractivity contribution < 1.29 is 4.74 Å². The molecule has 3 aromatic rings. The number of aromatic nitrogens is 3. The first-order valence-corrected chi connectivity index (χ1v) is 7.39. The molecule has 0 saturated carbocycles. The molecule has 0 amide bonds. The molecule has 0 radical (unpaired) electrons. The number of rotatable bonds is 6. The molecular formula is C18H19N3O. The van der Waals surface area contributed by atoms with Crippen molar-refractivity contribution in [1.29, 1.82) is 0 Å². The van der Waals surface area contributed by atoms with E-state index in [0.29, 0.717) is 0 Å². The van der Waals surface area contributed by atoms with Crippen molar-refractivity contribution in [3.8, 4) is 5.75 Å². The molecule has 0 aliphatic heterocycles. The number of methoxy groups -OCH3 is 1. The fraction of sp³-hybridized carbons (Fsp3) is 0.222. The zero-order chi connectivity index (χ0) is 15.2. The maximum atomic E-state index is 5.41. The fourth-order valence-corrected chi connectivity index (χ4v) is 2.52. The first kappa shape index (κ1) is 14.3. The van der Waals surface area contributed by atoms with Crippen molar-refractivity contribution in [3.05, 3.63) is 77.9 Å². The number of benzene rings is 2. The summed E-state index contributed by atoms with van der Waals surface area (Å²) < 4.78 is 7.49. The zero-order valence-corrected chi connectivity index (χ0v) is 12.6. The molecule has 0 aliphatic carbocycles. The lowest BCUT2D eigenvalue weighted by atomic mass is 10.1. The van der Waals surface area contributed by atoms with E-state index in [1.165, 1.54) is 5.56 Å². The van der Waals surface area contributed by atoms with Gasteiger partial charge in [-0.25, -0.2) is 0 Å². The Balaban J connectivity index is 1.72. The Hall–Kier alpha value is -2.62. The maximum Gasteiger partial charge on any atom is 0.133 e. The second-order valence-electron chi connectivity index (χ2n) is 5.17. The minimum Gasteiger partial charge on any atom is -0.496 e. The van der Waals surface area contributed by atoms with Crippen LogP contribution in [0.1, 0.15) is 17.0 Å². The van der Waals surface area contributed by atoms with Crippen LogP contribution in [-0.2, 0) is 19.4 Å². The van der Waals surface area contributed by atoms with Crippen LogP contribution in [-0.4, -0.2) is 21.9 Å². The molecule has 112 valence electrons. The molecule has 0 unspecified atom stereocenters. The van der Waals surface area contributed by atoms with Crippen LogP contribution in [0.15, 0.2) is 60.9 Å². The minimum absolute atomic E-state index is 0.723. The standard InChI is InChI=1S/C18H19N3O/c1-22-17-10-6-5-9-16(17)13-21-14-19-20-18(21)12-11-15-7-3-2-4-8-15/h2-10,14H,11-13H2,1H3. The van der Waals surface area contributed by atoms with Gasteiger partial charge < -0.3 is 9.30 Å². The van der Waals surface area contributed by atoms with Gasteiger partial charge in [0.1, 0.15) is 17.9 Å². The molecule has 4 nitrogen and oxygen atoms in total. The third kappa shape index (κ3) is 3.34. The van der Waals surface area contributed by atoms with E-state index in [0.717, 1.165) is 36.5 Å². The van der Waals surface area contributed by atoms with Crippen LogP contribution >= 0.6 is 0 Å². The topological polar surface area (TPSA) is 39.9 Å². The molecule has 0 fully saturated rings. The van der Waals surface area contributed by atoms with Gasteiger partial charge in [-0.15, -0.1) is 10.2 Å². The molecule has 1 aromatic heterocycles. The second kappa shape index (κ2) is 6.89. The van der Waals surface area contributed by atoms with Crippen molar-refractivity contribution in [1.82, 2.24) is 14.8 Å². The van der Waals surface area contributed by atoms with Crippen LogP contribution < -0.4 is 4.74 Å². The van der Waals surface area contributed by atoms with Crippen LogP contribution in [0.25, 0.3) is 0 Å². The molecule has 0 saturated heterocycles. The summed E-state index contributed by atoms with van der Waals surface area (Å²) in [5, 5.41) is 8.31. The molecule has 4 heteroatoms. The van der Waals surface area contributed by atoms with E-state index >= 15 is 0 Å². The molecule has 0 spiro atoms. The van der Waals surface area contributed by atoms with Crippen molar-refractivity contribution in [2.45, 2.75) is 19.4 Å². The van der Waals surface area contributed by atoms with E-state index < -0.39 is 0 Å². The van der Waals surface area contributed by atoms with Crippen LogP contribution in [0.5, 0.6) is 5.75 Å². The van der Waals surface area contributed by atoms with E-state index in [1.54, 1.807) is 13.4 Å². The van der Waals surface area contributed by atoms with Gasteiger partial charge in [-0.05, 0) is 18.1 Å². The largest absolute Gasteiger partial charge is 0.496 e. The average Bonchev–Trinajstić information content (AvgIpc) is 3.01. The molecule has 3 rings (SSSR count). The van der Waals surface area contributed by atoms with E-state index in [2.05, 4.69) is 45.1 Å². The molecule has 22 heavy (non-hydrogen) atoms. The number of para-hydroxylation sites is 1. The monoisotopic (exact) mass is 293 g/mol. The summed E-state index contributed by atoms with van der Waals surface area (Å²) in [6.07, 6.45) is 3.62. The van der Waals surface area contributed by atoms with Crippen LogP contribution in [0.3, 0.4) is 0 Å². The van der Waals surface area contributed by atoms with Crippen LogP contribution in [0.4, 0.5) is 0 Å². The SMILES string of the molecule is COc1ccccc1Cn1cnnc1CCc1ccccc1. The number of hydrogen-bond acceptors (Lipinski definition) is 3. The summed E-state index contributed by atoms with van der Waals surface area (Å²) in [4.78, 5) is 0. The lowest BCUT2D eigenvalue weighted by molar-refractivity contribution is 0.408. The van der Waals surface area contributed by atoms with Gasteiger partial charge in [0.05, 0.1) is 13.7 Å². The van der Waals surface area contributed by atoms with Gasteiger partial charge in [0.2, 0.25) is 0 Å². The molecule has 2 aromatic carbocycles. The van der Waals surface area contributed by atoms with Crippen molar-refractivity contribution >= 4 is 0 Å². The lowest BCUT2D eigenvalue weighted by Crippen LogP contribution is -2.06. The average molecular weight is 293 g/mol. The predicted octanol–water partition coefficient (Wildman–Crippen LogP) is 3.12. The molecule has 0 N–H and O–H groups in total. The van der Waals surface area contributed by atoms with E-state index in [9.17, 15) is 0 Å². The normalized spacial score (nSPS) is 10.6. The van der Waals surface area contributed by atoms with Gasteiger partial charge in [0.15, 0.2) is 0 Å². The summed E-state index contributed by atoms with van der Waals surface area (Å²) >= 11 is 0. The lowest BCUT2D eigenvalue weighted by Gasteiger charge is -2.10. The molecule has 0 atom stereocenters. The molecule has 0 aliphatic rings. The second-order valence-corrected chi connectivity index (χ2v) is 5.17. The molecule has 0 bridgehead atoms. The van der Waals surface area contributed by atoms with E-state index in [4.69, 9.17) is 4.74 Å². The maximum absolute atomic E-state index is 5.41. The molecular weight excluding hydrogens is 274 g/mol. The quantitative estimate of drug-likeness (QED) is 0.701. The number of nitrogens with zero attached hydrogens (tertiary/aromatic N) is 3. The number of aryl methyl sites for hydroxylation is 2. The third-order valence-electron chi connectivity index (χ3n) is 3.71. The third-order valence-corrected chi connectivity index (χ3v) is 3.71. The van der Waals surface area contributed by atoms with Crippen LogP contribution in [0.2, 0.25) is 0 Å². The van der Waals surface area contributed by atoms with Gasteiger partial charge in [0, 0.05) is 12.0 Å². The highest BCUT2D eigenvalue weighted by molar-refractivity contribution is 5.33. The first-order valence-electron chi connectivity index (χ1n) is 7.39. The van der Waals surface area contributed by atoms with Gasteiger partial charge in [-0.1, -0.05) is 48.5 Å². The summed E-state index contributed by atoms with van der Waals surface area (Å²) in [6.45, 7) is 0.723. The highest BCUT2D eigenvalue weighted by Crippen LogP contribution is 2.19. The Kier molecular flexibility index (Phi) is 4.49. The fourth-order valence-electron chi connectivity index (χ4n) is 2.52. The summed E-state index contributed by atoms with van der Waals surface area (Å²) in [5.41, 5.74) is 2.44. The predicted molar refractivity (Wildman–Crippen MR) is 86.0 cm³/mol. The van der Waals surface area contributed by atoms with E-state index in [-0.39, 0.29) is 0 Å².